The van der Waals surface area contributed by atoms with Crippen LogP contribution in [0, 0.1) is 0 Å². The Labute approximate surface area is 134 Å². The molecule has 0 fully saturated rings. The summed E-state index contributed by atoms with van der Waals surface area (Å²) in [5.74, 6) is -3.40. The van der Waals surface area contributed by atoms with E-state index in [1.54, 1.807) is 51.1 Å². The zero-order valence-corrected chi connectivity index (χ0v) is 13.4. The standard InChI is InChI=1S/C17H21F2NO3/c1-16(2,3)23-15(22)20-14(17(18,19)10-7-11-21)12-13-8-5-4-6-9-13/h4-11,14H,12H2,1-3H3,(H,20,22)/b10-7+/t14-/m0/s1. The fourth-order valence-electron chi connectivity index (χ4n) is 1.87. The molecule has 4 nitrogen and oxygen atoms in total. The molecule has 0 aromatic heterocycles. The molecule has 0 aliphatic rings. The molecule has 1 aromatic carbocycles. The number of amides is 1. The van der Waals surface area contributed by atoms with E-state index in [4.69, 9.17) is 4.74 Å². The van der Waals surface area contributed by atoms with Crippen molar-refractivity contribution < 1.29 is 23.1 Å². The first-order valence-electron chi connectivity index (χ1n) is 7.18. The Morgan fingerprint density at radius 1 is 1.26 bits per heavy atom. The molecule has 0 aliphatic carbocycles. The molecule has 126 valence electrons. The predicted octanol–water partition coefficient (Wildman–Crippen LogP) is 3.51. The van der Waals surface area contributed by atoms with Crippen molar-refractivity contribution in [2.24, 2.45) is 0 Å². The van der Waals surface area contributed by atoms with Gasteiger partial charge in [-0.15, -0.1) is 0 Å². The van der Waals surface area contributed by atoms with Gasteiger partial charge in [0, 0.05) is 0 Å². The Morgan fingerprint density at radius 3 is 2.39 bits per heavy atom. The highest BCUT2D eigenvalue weighted by molar-refractivity contribution is 5.68. The van der Waals surface area contributed by atoms with E-state index in [1.165, 1.54) is 0 Å². The molecule has 0 saturated carbocycles. The highest BCUT2D eigenvalue weighted by atomic mass is 19.3. The fraction of sp³-hybridized carbons (Fsp3) is 0.412. The van der Waals surface area contributed by atoms with Crippen LogP contribution in [0.5, 0.6) is 0 Å². The van der Waals surface area contributed by atoms with Crippen LogP contribution >= 0.6 is 0 Å². The van der Waals surface area contributed by atoms with Crippen molar-refractivity contribution in [2.75, 3.05) is 0 Å². The van der Waals surface area contributed by atoms with Gasteiger partial charge in [0.2, 0.25) is 0 Å². The van der Waals surface area contributed by atoms with E-state index < -0.39 is 23.7 Å². The van der Waals surface area contributed by atoms with Crippen molar-refractivity contribution >= 4 is 12.4 Å². The average Bonchev–Trinajstić information content (AvgIpc) is 2.43. The molecule has 0 spiro atoms. The van der Waals surface area contributed by atoms with Gasteiger partial charge in [-0.3, -0.25) is 4.79 Å². The number of aldehydes is 1. The first-order valence-corrected chi connectivity index (χ1v) is 7.18. The maximum Gasteiger partial charge on any atom is 0.408 e. The molecule has 0 heterocycles. The topological polar surface area (TPSA) is 55.4 Å². The van der Waals surface area contributed by atoms with Gasteiger partial charge < -0.3 is 10.1 Å². The van der Waals surface area contributed by atoms with Crippen LogP contribution in [-0.2, 0) is 16.0 Å². The number of carbonyl (C=O) groups is 2. The van der Waals surface area contributed by atoms with Gasteiger partial charge in [-0.25, -0.2) is 4.79 Å². The molecule has 6 heteroatoms. The maximum absolute atomic E-state index is 14.2. The second-order valence-corrected chi connectivity index (χ2v) is 6.06. The van der Waals surface area contributed by atoms with Gasteiger partial charge in [0.25, 0.3) is 5.92 Å². The zero-order chi connectivity index (χ0) is 17.5. The number of halogens is 2. The van der Waals surface area contributed by atoms with Gasteiger partial charge in [-0.2, -0.15) is 8.78 Å². The van der Waals surface area contributed by atoms with Crippen LogP contribution in [0.25, 0.3) is 0 Å². The van der Waals surface area contributed by atoms with Crippen LogP contribution in [0.15, 0.2) is 42.5 Å². The molecule has 1 amide bonds. The molecular weight excluding hydrogens is 304 g/mol. The number of allylic oxidation sites excluding steroid dienone is 1. The first-order chi connectivity index (χ1) is 10.6. The molecular formula is C17H21F2NO3. The third kappa shape index (κ3) is 7.04. The summed E-state index contributed by atoms with van der Waals surface area (Å²) < 4.78 is 33.5. The smallest absolute Gasteiger partial charge is 0.408 e. The molecule has 0 radical (unpaired) electrons. The molecule has 1 rings (SSSR count). The van der Waals surface area contributed by atoms with Gasteiger partial charge in [0.05, 0.1) is 0 Å². The Kier molecular flexibility index (Phi) is 6.42. The first kappa shape index (κ1) is 18.8. The van der Waals surface area contributed by atoms with E-state index in [-0.39, 0.29) is 12.7 Å². The number of nitrogens with one attached hydrogen (secondary N) is 1. The second-order valence-electron chi connectivity index (χ2n) is 6.06. The number of benzene rings is 1. The van der Waals surface area contributed by atoms with E-state index in [9.17, 15) is 18.4 Å². The number of hydrogen-bond donors (Lipinski definition) is 1. The second kappa shape index (κ2) is 7.85. The van der Waals surface area contributed by atoms with E-state index in [1.807, 2.05) is 0 Å². The number of carbonyl (C=O) groups excluding carboxylic acids is 2. The average molecular weight is 325 g/mol. The normalized spacial score (nSPS) is 13.6. The van der Waals surface area contributed by atoms with E-state index in [2.05, 4.69) is 5.32 Å². The summed E-state index contributed by atoms with van der Waals surface area (Å²) in [6.07, 6.45) is 0.425. The van der Waals surface area contributed by atoms with E-state index >= 15 is 0 Å². The summed E-state index contributed by atoms with van der Waals surface area (Å²) in [5, 5.41) is 2.19. The van der Waals surface area contributed by atoms with Crippen molar-refractivity contribution in [1.82, 2.24) is 5.32 Å². The van der Waals surface area contributed by atoms with Gasteiger partial charge in [-0.05, 0) is 44.9 Å². The minimum Gasteiger partial charge on any atom is -0.444 e. The molecule has 1 atom stereocenters. The largest absolute Gasteiger partial charge is 0.444 e. The van der Waals surface area contributed by atoms with Crippen molar-refractivity contribution in [3.63, 3.8) is 0 Å². The van der Waals surface area contributed by atoms with Crippen LogP contribution < -0.4 is 5.32 Å². The lowest BCUT2D eigenvalue weighted by atomic mass is 10.00. The summed E-state index contributed by atoms with van der Waals surface area (Å²) in [6.45, 7) is 4.93. The minimum absolute atomic E-state index is 0.101. The number of hydrogen-bond acceptors (Lipinski definition) is 3. The monoisotopic (exact) mass is 325 g/mol. The van der Waals surface area contributed by atoms with Gasteiger partial charge in [0.1, 0.15) is 17.9 Å². The Hall–Kier alpha value is -2.24. The van der Waals surface area contributed by atoms with Crippen molar-refractivity contribution in [1.29, 1.82) is 0 Å². The molecule has 0 unspecified atom stereocenters. The van der Waals surface area contributed by atoms with Crippen molar-refractivity contribution in [2.45, 2.75) is 44.8 Å². The number of alkyl carbamates (subject to hydrolysis) is 1. The Bertz CT molecular complexity index is 551. The molecule has 1 aromatic rings. The molecule has 0 bridgehead atoms. The number of ether oxygens (including phenoxy) is 1. The number of alkyl halides is 2. The summed E-state index contributed by atoms with van der Waals surface area (Å²) in [5.41, 5.74) is -0.164. The van der Waals surface area contributed by atoms with E-state index in [0.29, 0.717) is 11.6 Å². The summed E-state index contributed by atoms with van der Waals surface area (Å²) in [7, 11) is 0. The highest BCUT2D eigenvalue weighted by Crippen LogP contribution is 2.24. The highest BCUT2D eigenvalue weighted by Gasteiger charge is 2.38. The van der Waals surface area contributed by atoms with Crippen LogP contribution in [0.3, 0.4) is 0 Å². The predicted molar refractivity (Wildman–Crippen MR) is 83.5 cm³/mol. The van der Waals surface area contributed by atoms with Gasteiger partial charge in [0.15, 0.2) is 0 Å². The fourth-order valence-corrected chi connectivity index (χ4v) is 1.87. The molecule has 1 N–H and O–H groups in total. The quantitative estimate of drug-likeness (QED) is 0.643. The van der Waals surface area contributed by atoms with Crippen LogP contribution in [0.4, 0.5) is 13.6 Å². The molecule has 0 saturated heterocycles. The summed E-state index contributed by atoms with van der Waals surface area (Å²) in [6, 6.07) is 7.05. The van der Waals surface area contributed by atoms with Crippen LogP contribution in [-0.4, -0.2) is 29.9 Å². The Morgan fingerprint density at radius 2 is 1.87 bits per heavy atom. The summed E-state index contributed by atoms with van der Waals surface area (Å²) in [4.78, 5) is 22.1. The van der Waals surface area contributed by atoms with Crippen molar-refractivity contribution in [3.05, 3.63) is 48.0 Å². The van der Waals surface area contributed by atoms with Gasteiger partial charge >= 0.3 is 6.09 Å². The third-order valence-corrected chi connectivity index (χ3v) is 2.84. The minimum atomic E-state index is -3.40. The SMILES string of the molecule is CC(C)(C)OC(=O)N[C@@H](Cc1ccccc1)C(F)(F)/C=C/C=O. The lowest BCUT2D eigenvalue weighted by molar-refractivity contribution is -0.104. The number of rotatable bonds is 6. The lowest BCUT2D eigenvalue weighted by Gasteiger charge is -2.27. The van der Waals surface area contributed by atoms with Crippen LogP contribution in [0.1, 0.15) is 26.3 Å². The Balaban J connectivity index is 2.94. The molecule has 0 aliphatic heterocycles. The van der Waals surface area contributed by atoms with E-state index in [0.717, 1.165) is 6.08 Å². The lowest BCUT2D eigenvalue weighted by Crippen LogP contribution is -2.49. The summed E-state index contributed by atoms with van der Waals surface area (Å²) >= 11 is 0. The van der Waals surface area contributed by atoms with Gasteiger partial charge in [-0.1, -0.05) is 30.3 Å². The molecule has 23 heavy (non-hydrogen) atoms. The maximum atomic E-state index is 14.2. The van der Waals surface area contributed by atoms with Crippen LogP contribution in [0.2, 0.25) is 0 Å². The van der Waals surface area contributed by atoms with Crippen molar-refractivity contribution in [3.8, 4) is 0 Å². The third-order valence-electron chi connectivity index (χ3n) is 2.84. The zero-order valence-electron chi connectivity index (χ0n) is 13.4.